The van der Waals surface area contributed by atoms with Crippen LogP contribution in [0.2, 0.25) is 0 Å². The van der Waals surface area contributed by atoms with Gasteiger partial charge >= 0.3 is 0 Å². The SMILES string of the molecule is CC.COc1nc(F)c(NSC)cc1/C=C/C1CCC(F)(F)CC1. The van der Waals surface area contributed by atoms with Crippen molar-refractivity contribution in [2.75, 3.05) is 18.1 Å². The van der Waals surface area contributed by atoms with Gasteiger partial charge in [0.1, 0.15) is 5.69 Å². The van der Waals surface area contributed by atoms with Crippen molar-refractivity contribution >= 4 is 23.7 Å². The zero-order valence-corrected chi connectivity index (χ0v) is 15.4. The second-order valence-electron chi connectivity index (χ2n) is 5.28. The van der Waals surface area contributed by atoms with Crippen molar-refractivity contribution in [3.63, 3.8) is 0 Å². The molecule has 1 aromatic rings. The van der Waals surface area contributed by atoms with Crippen LogP contribution < -0.4 is 9.46 Å². The van der Waals surface area contributed by atoms with Crippen molar-refractivity contribution < 1.29 is 17.9 Å². The van der Waals surface area contributed by atoms with Crippen molar-refractivity contribution in [1.82, 2.24) is 4.98 Å². The molecule has 1 aromatic heterocycles. The fourth-order valence-corrected chi connectivity index (χ4v) is 2.81. The Balaban J connectivity index is 0.00000139. The van der Waals surface area contributed by atoms with Crippen molar-refractivity contribution in [3.05, 3.63) is 23.7 Å². The number of hydrogen-bond acceptors (Lipinski definition) is 4. The predicted molar refractivity (Wildman–Crippen MR) is 95.2 cm³/mol. The van der Waals surface area contributed by atoms with Gasteiger partial charge in [0.15, 0.2) is 0 Å². The first-order chi connectivity index (χ1) is 11.4. The normalized spacial score (nSPS) is 17.3. The highest BCUT2D eigenvalue weighted by molar-refractivity contribution is 7.99. The third-order valence-corrected chi connectivity index (χ3v) is 4.11. The van der Waals surface area contributed by atoms with Crippen molar-refractivity contribution in [2.45, 2.75) is 45.5 Å². The van der Waals surface area contributed by atoms with E-state index in [2.05, 4.69) is 9.71 Å². The first-order valence-electron chi connectivity index (χ1n) is 8.05. The summed E-state index contributed by atoms with van der Waals surface area (Å²) in [4.78, 5) is 3.76. The quantitative estimate of drug-likeness (QED) is 0.531. The van der Waals surface area contributed by atoms with E-state index in [1.807, 2.05) is 19.9 Å². The molecule has 0 atom stereocenters. The number of aromatic nitrogens is 1. The monoisotopic (exact) mass is 362 g/mol. The van der Waals surface area contributed by atoms with Gasteiger partial charge in [-0.3, -0.25) is 0 Å². The minimum Gasteiger partial charge on any atom is -0.480 e. The minimum atomic E-state index is -2.53. The summed E-state index contributed by atoms with van der Waals surface area (Å²) in [6, 6.07) is 1.60. The lowest BCUT2D eigenvalue weighted by Crippen LogP contribution is -2.23. The summed E-state index contributed by atoms with van der Waals surface area (Å²) in [6.07, 6.45) is 6.18. The van der Waals surface area contributed by atoms with Crippen LogP contribution in [0.15, 0.2) is 12.1 Å². The lowest BCUT2D eigenvalue weighted by Gasteiger charge is -2.26. The van der Waals surface area contributed by atoms with E-state index in [1.54, 1.807) is 18.4 Å². The van der Waals surface area contributed by atoms with E-state index in [1.165, 1.54) is 19.1 Å². The summed E-state index contributed by atoms with van der Waals surface area (Å²) in [5, 5.41) is 0. The molecule has 1 saturated carbocycles. The fraction of sp³-hybridized carbons (Fsp3) is 0.588. The van der Waals surface area contributed by atoms with Crippen LogP contribution in [0.4, 0.5) is 18.9 Å². The molecular formula is C17H25F3N2OS. The van der Waals surface area contributed by atoms with E-state index in [0.29, 0.717) is 18.4 Å². The summed E-state index contributed by atoms with van der Waals surface area (Å²) in [5.41, 5.74) is 0.890. The summed E-state index contributed by atoms with van der Waals surface area (Å²) in [5.74, 6) is -2.89. The highest BCUT2D eigenvalue weighted by Gasteiger charge is 2.33. The van der Waals surface area contributed by atoms with E-state index in [-0.39, 0.29) is 30.3 Å². The first kappa shape index (κ1) is 20.7. The second kappa shape index (κ2) is 9.81. The summed E-state index contributed by atoms with van der Waals surface area (Å²) in [7, 11) is 1.42. The minimum absolute atomic E-state index is 0.0832. The average molecular weight is 362 g/mol. The number of rotatable bonds is 5. The largest absolute Gasteiger partial charge is 0.480 e. The number of alkyl halides is 2. The molecule has 0 aliphatic heterocycles. The summed E-state index contributed by atoms with van der Waals surface area (Å²) in [6.45, 7) is 4.00. The molecule has 0 bridgehead atoms. The third kappa shape index (κ3) is 5.92. The Labute approximate surface area is 146 Å². The highest BCUT2D eigenvalue weighted by atomic mass is 32.2. The lowest BCUT2D eigenvalue weighted by atomic mass is 9.86. The van der Waals surface area contributed by atoms with Crippen LogP contribution in [0.25, 0.3) is 6.08 Å². The molecule has 3 nitrogen and oxygen atoms in total. The van der Waals surface area contributed by atoms with E-state index < -0.39 is 11.9 Å². The lowest BCUT2D eigenvalue weighted by molar-refractivity contribution is -0.0410. The maximum absolute atomic E-state index is 13.7. The number of allylic oxidation sites excluding steroid dienone is 1. The smallest absolute Gasteiger partial charge is 0.248 e. The van der Waals surface area contributed by atoms with Crippen LogP contribution in [0.3, 0.4) is 0 Å². The Bertz CT molecular complexity index is 543. The number of methoxy groups -OCH3 is 1. The van der Waals surface area contributed by atoms with E-state index in [4.69, 9.17) is 4.74 Å². The molecule has 24 heavy (non-hydrogen) atoms. The van der Waals surface area contributed by atoms with Gasteiger partial charge in [-0.1, -0.05) is 37.9 Å². The van der Waals surface area contributed by atoms with Crippen LogP contribution in [0, 0.1) is 11.9 Å². The van der Waals surface area contributed by atoms with Gasteiger partial charge < -0.3 is 9.46 Å². The molecule has 2 rings (SSSR count). The molecule has 0 spiro atoms. The summed E-state index contributed by atoms with van der Waals surface area (Å²) >= 11 is 1.26. The molecule has 0 radical (unpaired) electrons. The number of nitrogens with one attached hydrogen (secondary N) is 1. The van der Waals surface area contributed by atoms with Crippen molar-refractivity contribution in [2.24, 2.45) is 5.92 Å². The predicted octanol–water partition coefficient (Wildman–Crippen LogP) is 5.78. The molecule has 0 saturated heterocycles. The van der Waals surface area contributed by atoms with Gasteiger partial charge in [0.05, 0.1) is 7.11 Å². The number of anilines is 1. The number of nitrogens with zero attached hydrogens (tertiary/aromatic N) is 1. The molecule has 0 aromatic carbocycles. The molecule has 1 heterocycles. The molecule has 136 valence electrons. The van der Waals surface area contributed by atoms with Gasteiger partial charge in [0, 0.05) is 24.7 Å². The van der Waals surface area contributed by atoms with E-state index in [0.717, 1.165) is 0 Å². The Morgan fingerprint density at radius 3 is 2.50 bits per heavy atom. The number of pyridine rings is 1. The van der Waals surface area contributed by atoms with E-state index >= 15 is 0 Å². The Morgan fingerprint density at radius 1 is 1.33 bits per heavy atom. The van der Waals surface area contributed by atoms with Crippen molar-refractivity contribution in [1.29, 1.82) is 0 Å². The molecule has 7 heteroatoms. The van der Waals surface area contributed by atoms with Gasteiger partial charge in [-0.15, -0.1) is 0 Å². The topological polar surface area (TPSA) is 34.1 Å². The van der Waals surface area contributed by atoms with Crippen LogP contribution in [-0.4, -0.2) is 24.3 Å². The third-order valence-electron chi connectivity index (χ3n) is 3.68. The maximum atomic E-state index is 13.7. The highest BCUT2D eigenvalue weighted by Crippen LogP contribution is 2.37. The number of hydrogen-bond donors (Lipinski definition) is 1. The van der Waals surface area contributed by atoms with Gasteiger partial charge in [-0.2, -0.15) is 9.37 Å². The molecule has 0 amide bonds. The molecule has 1 N–H and O–H groups in total. The first-order valence-corrected chi connectivity index (χ1v) is 9.27. The number of ether oxygens (including phenoxy) is 1. The molecule has 1 fully saturated rings. The molecule has 1 aliphatic rings. The van der Waals surface area contributed by atoms with Crippen LogP contribution >= 0.6 is 11.9 Å². The van der Waals surface area contributed by atoms with Crippen molar-refractivity contribution in [3.8, 4) is 5.88 Å². The fourth-order valence-electron chi connectivity index (χ4n) is 2.45. The Morgan fingerprint density at radius 2 is 1.96 bits per heavy atom. The van der Waals surface area contributed by atoms with Gasteiger partial charge in [-0.25, -0.2) is 8.78 Å². The molecular weight excluding hydrogens is 337 g/mol. The van der Waals surface area contributed by atoms with E-state index in [9.17, 15) is 13.2 Å². The number of halogens is 3. The van der Waals surface area contributed by atoms with Crippen LogP contribution in [0.5, 0.6) is 5.88 Å². The zero-order chi connectivity index (χ0) is 18.2. The Hall–Kier alpha value is -1.37. The zero-order valence-electron chi connectivity index (χ0n) is 14.5. The maximum Gasteiger partial charge on any atom is 0.248 e. The molecule has 0 unspecified atom stereocenters. The van der Waals surface area contributed by atoms with Gasteiger partial charge in [0.25, 0.3) is 0 Å². The molecule has 1 aliphatic carbocycles. The van der Waals surface area contributed by atoms with Crippen LogP contribution in [0.1, 0.15) is 45.1 Å². The average Bonchev–Trinajstić information content (AvgIpc) is 2.58. The summed E-state index contributed by atoms with van der Waals surface area (Å²) < 4.78 is 47.9. The van der Waals surface area contributed by atoms with Gasteiger partial charge in [0.2, 0.25) is 17.8 Å². The van der Waals surface area contributed by atoms with Gasteiger partial charge in [-0.05, 0) is 24.8 Å². The second-order valence-corrected chi connectivity index (χ2v) is 5.90. The van der Waals surface area contributed by atoms with Crippen LogP contribution in [-0.2, 0) is 0 Å². The Kier molecular flexibility index (Phi) is 8.45. The standard InChI is InChI=1S/C15H19F3N2OS.C2H6/c1-21-14-11(9-12(20-22-2)13(16)19-14)4-3-10-5-7-15(17,18)8-6-10;1-2/h3-4,9-10,20H,5-8H2,1-2H3;1-2H3/b4-3+;.